The number of benzene rings is 6. The van der Waals surface area contributed by atoms with E-state index in [1.165, 1.54) is 44.7 Å². The molecule has 1 aliphatic rings. The fourth-order valence-corrected chi connectivity index (χ4v) is 9.23. The molecule has 8 aromatic rings. The van der Waals surface area contributed by atoms with Crippen molar-refractivity contribution < 1.29 is 4.74 Å². The lowest BCUT2D eigenvalue weighted by Gasteiger charge is -2.33. The van der Waals surface area contributed by atoms with E-state index in [0.717, 1.165) is 52.3 Å². The van der Waals surface area contributed by atoms with Gasteiger partial charge in [0.15, 0.2) is 0 Å². The van der Waals surface area contributed by atoms with Gasteiger partial charge in [0.25, 0.3) is 0 Å². The summed E-state index contributed by atoms with van der Waals surface area (Å²) in [5.41, 5.74) is 12.1. The van der Waals surface area contributed by atoms with Crippen LogP contribution in [0.25, 0.3) is 27.6 Å². The Morgan fingerprint density at radius 1 is 0.500 bits per heavy atom. The molecule has 0 aliphatic carbocycles. The van der Waals surface area contributed by atoms with Gasteiger partial charge in [-0.05, 0) is 113 Å². The van der Waals surface area contributed by atoms with Gasteiger partial charge < -0.3 is 14.5 Å². The Morgan fingerprint density at radius 3 is 1.80 bits per heavy atom. The molecule has 1 aliphatic heterocycles. The number of pyridine rings is 1. The summed E-state index contributed by atoms with van der Waals surface area (Å²) in [4.78, 5) is 9.87. The van der Waals surface area contributed by atoms with Crippen LogP contribution in [0.3, 0.4) is 0 Å². The maximum Gasteiger partial charge on any atom is 0.137 e. The molecule has 0 bridgehead atoms. The Bertz CT molecular complexity index is 2800. The monoisotopic (exact) mass is 788 g/mol. The lowest BCUT2D eigenvalue weighted by Crippen LogP contribution is -2.26. The summed E-state index contributed by atoms with van der Waals surface area (Å²) in [6.07, 6.45) is 3.96. The first-order chi connectivity index (χ1) is 28.9. The number of ether oxygens (including phenoxy) is 1. The average molecular weight is 789 g/mol. The summed E-state index contributed by atoms with van der Waals surface area (Å²) < 4.78 is 9.08. The van der Waals surface area contributed by atoms with Gasteiger partial charge in [0, 0.05) is 45.9 Å². The topological polar surface area (TPSA) is 33.5 Å². The molecule has 9 rings (SSSR count). The van der Waals surface area contributed by atoms with E-state index in [9.17, 15) is 0 Å². The predicted molar refractivity (Wildman–Crippen MR) is 252 cm³/mol. The van der Waals surface area contributed by atoms with Gasteiger partial charge >= 0.3 is 0 Å². The highest BCUT2D eigenvalue weighted by Gasteiger charge is 2.32. The molecule has 0 radical (unpaired) electrons. The summed E-state index contributed by atoms with van der Waals surface area (Å²) in [5.74, 6) is 2.46. The second-order valence-electron chi connectivity index (χ2n) is 18.4. The van der Waals surface area contributed by atoms with Gasteiger partial charge in [-0.3, -0.25) is 4.57 Å². The van der Waals surface area contributed by atoms with Crippen molar-refractivity contribution in [3.63, 3.8) is 0 Å². The van der Waals surface area contributed by atoms with Crippen LogP contribution in [0.4, 0.5) is 22.7 Å². The van der Waals surface area contributed by atoms with Crippen LogP contribution in [0.15, 0.2) is 158 Å². The molecule has 0 saturated heterocycles. The van der Waals surface area contributed by atoms with Crippen molar-refractivity contribution in [2.45, 2.75) is 84.5 Å². The molecule has 60 heavy (non-hydrogen) atoms. The van der Waals surface area contributed by atoms with Crippen LogP contribution >= 0.6 is 0 Å². The molecular weight excluding hydrogens is 733 g/mol. The minimum absolute atomic E-state index is 0.0247. The van der Waals surface area contributed by atoms with Crippen molar-refractivity contribution in [2.75, 3.05) is 16.5 Å². The SMILES string of the molecule is CCC(CC)(c1ccccc1)c1ccnc(-n2c3ccccc3c3ccc(Oc4cccc(N5CN(c6cc(C(C)(C)C)cc(C(C)(C)C)c6)c6ccccc65)c4)cc32)c1. The van der Waals surface area contributed by atoms with Crippen LogP contribution in [0.2, 0.25) is 0 Å². The minimum Gasteiger partial charge on any atom is -0.457 e. The van der Waals surface area contributed by atoms with Crippen LogP contribution in [0.5, 0.6) is 11.5 Å². The number of fused-ring (bicyclic) bond motifs is 4. The summed E-state index contributed by atoms with van der Waals surface area (Å²) in [7, 11) is 0. The van der Waals surface area contributed by atoms with E-state index in [0.29, 0.717) is 6.67 Å². The number of aromatic nitrogens is 2. The molecule has 0 saturated carbocycles. The lowest BCUT2D eigenvalue weighted by atomic mass is 9.71. The van der Waals surface area contributed by atoms with Gasteiger partial charge in [-0.25, -0.2) is 4.98 Å². The van der Waals surface area contributed by atoms with E-state index in [4.69, 9.17) is 9.72 Å². The number of rotatable bonds is 9. The molecule has 0 spiro atoms. The molecule has 6 aromatic carbocycles. The van der Waals surface area contributed by atoms with Crippen LogP contribution in [0, 0.1) is 0 Å². The average Bonchev–Trinajstić information content (AvgIpc) is 3.80. The van der Waals surface area contributed by atoms with Crippen molar-refractivity contribution in [3.8, 4) is 17.3 Å². The largest absolute Gasteiger partial charge is 0.457 e. The van der Waals surface area contributed by atoms with E-state index in [-0.39, 0.29) is 16.2 Å². The van der Waals surface area contributed by atoms with E-state index in [2.05, 4.69) is 221 Å². The fourth-order valence-electron chi connectivity index (χ4n) is 9.23. The minimum atomic E-state index is -0.115. The van der Waals surface area contributed by atoms with Crippen LogP contribution in [0.1, 0.15) is 90.5 Å². The quantitative estimate of drug-likeness (QED) is 0.146. The fraction of sp³-hybridized carbons (Fsp3) is 0.255. The van der Waals surface area contributed by atoms with Gasteiger partial charge in [0.05, 0.1) is 22.4 Å². The third kappa shape index (κ3) is 6.90. The number of hydrogen-bond acceptors (Lipinski definition) is 4. The summed E-state index contributed by atoms with van der Waals surface area (Å²) in [6.45, 7) is 19.1. The smallest absolute Gasteiger partial charge is 0.137 e. The van der Waals surface area contributed by atoms with E-state index >= 15 is 0 Å². The molecule has 0 N–H and O–H groups in total. The second kappa shape index (κ2) is 15.0. The van der Waals surface area contributed by atoms with Crippen molar-refractivity contribution in [2.24, 2.45) is 0 Å². The van der Waals surface area contributed by atoms with Crippen molar-refractivity contribution in [3.05, 3.63) is 180 Å². The number of para-hydroxylation sites is 3. The maximum absolute atomic E-state index is 6.78. The number of nitrogens with zero attached hydrogens (tertiary/aromatic N) is 4. The van der Waals surface area contributed by atoms with Gasteiger partial charge in [0.2, 0.25) is 0 Å². The zero-order chi connectivity index (χ0) is 41.8. The Hall–Kier alpha value is -6.33. The Balaban J connectivity index is 1.08. The van der Waals surface area contributed by atoms with Crippen molar-refractivity contribution in [1.82, 2.24) is 9.55 Å². The van der Waals surface area contributed by atoms with E-state index in [1.807, 2.05) is 6.20 Å². The highest BCUT2D eigenvalue weighted by Crippen LogP contribution is 2.47. The van der Waals surface area contributed by atoms with E-state index in [1.54, 1.807) is 0 Å². The summed E-state index contributed by atoms with van der Waals surface area (Å²) >= 11 is 0. The maximum atomic E-state index is 6.78. The Labute approximate surface area is 355 Å². The number of hydrogen-bond donors (Lipinski definition) is 0. The highest BCUT2D eigenvalue weighted by atomic mass is 16.5. The van der Waals surface area contributed by atoms with Gasteiger partial charge in [-0.15, -0.1) is 0 Å². The molecule has 5 heteroatoms. The molecule has 0 atom stereocenters. The molecule has 0 unspecified atom stereocenters. The van der Waals surface area contributed by atoms with Crippen molar-refractivity contribution in [1.29, 1.82) is 0 Å². The first-order valence-corrected chi connectivity index (χ1v) is 21.5. The van der Waals surface area contributed by atoms with Crippen LogP contribution in [-0.2, 0) is 16.2 Å². The zero-order valence-electron chi connectivity index (χ0n) is 36.3. The second-order valence-corrected chi connectivity index (χ2v) is 18.4. The van der Waals surface area contributed by atoms with Crippen LogP contribution in [-0.4, -0.2) is 16.2 Å². The zero-order valence-corrected chi connectivity index (χ0v) is 36.3. The summed E-state index contributed by atoms with van der Waals surface area (Å²) in [5, 5.41) is 2.35. The Kier molecular flexibility index (Phi) is 9.82. The normalized spacial score (nSPS) is 13.3. The third-order valence-corrected chi connectivity index (χ3v) is 12.8. The van der Waals surface area contributed by atoms with Gasteiger partial charge in [-0.2, -0.15) is 0 Å². The molecule has 5 nitrogen and oxygen atoms in total. The molecule has 2 aromatic heterocycles. The predicted octanol–water partition coefficient (Wildman–Crippen LogP) is 14.9. The van der Waals surface area contributed by atoms with E-state index < -0.39 is 0 Å². The Morgan fingerprint density at radius 2 is 1.12 bits per heavy atom. The van der Waals surface area contributed by atoms with Crippen molar-refractivity contribution >= 4 is 44.6 Å². The first-order valence-electron chi connectivity index (χ1n) is 21.5. The number of anilines is 4. The molecule has 0 fully saturated rings. The van der Waals surface area contributed by atoms with Gasteiger partial charge in [0.1, 0.15) is 24.0 Å². The molecule has 0 amide bonds. The lowest BCUT2D eigenvalue weighted by molar-refractivity contribution is 0.477. The molecule has 302 valence electrons. The standard InChI is InChI=1S/C55H56N4O/c1-9-55(10-2,38-19-12-11-13-20-38)39-29-30-56-52(34-39)59-48-24-15-14-23-46(48)47-28-27-45(36-51(47)59)60-44-22-18-21-42(35-44)57-37-58(50-26-17-16-25-49(50)57)43-32-40(53(3,4)5)31-41(33-43)54(6,7)8/h11-36H,9-10,37H2,1-8H3. The molecular formula is C55H56N4O. The van der Waals surface area contributed by atoms with Crippen LogP contribution < -0.4 is 14.5 Å². The molecule has 3 heterocycles. The third-order valence-electron chi connectivity index (χ3n) is 12.8. The highest BCUT2D eigenvalue weighted by molar-refractivity contribution is 6.09. The first kappa shape index (κ1) is 39.1. The summed E-state index contributed by atoms with van der Waals surface area (Å²) in [6, 6.07) is 54.9. The van der Waals surface area contributed by atoms with Gasteiger partial charge in [-0.1, -0.05) is 128 Å².